The predicted octanol–water partition coefficient (Wildman–Crippen LogP) is 0.855. The van der Waals surface area contributed by atoms with Crippen molar-refractivity contribution < 1.29 is 24.3 Å². The van der Waals surface area contributed by atoms with E-state index < -0.39 is 41.3 Å². The maximum Gasteiger partial charge on any atom is 0.322 e. The highest BCUT2D eigenvalue weighted by Crippen LogP contribution is 2.37. The molecule has 0 bridgehead atoms. The number of hydrogen-bond acceptors (Lipinski definition) is 4. The standard InChI is InChI=1S/C16H17NO5/c1-8-4-5-10-9(6-8)13(20)12(14(21)16(10,2)3)15(22)17-7-11(18)19/h4-6,12H,7H2,1-3H3,(H,17,22)(H,18,19). The molecule has 0 fully saturated rings. The molecule has 0 heterocycles. The quantitative estimate of drug-likeness (QED) is 0.806. The summed E-state index contributed by atoms with van der Waals surface area (Å²) in [5.41, 5.74) is 0.805. The van der Waals surface area contributed by atoms with Gasteiger partial charge >= 0.3 is 5.97 Å². The van der Waals surface area contributed by atoms with E-state index in [1.165, 1.54) is 0 Å². The molecule has 0 aromatic heterocycles. The number of fused-ring (bicyclic) bond motifs is 1. The van der Waals surface area contributed by atoms with Crippen LogP contribution in [-0.2, 0) is 19.8 Å². The molecular weight excluding hydrogens is 286 g/mol. The van der Waals surface area contributed by atoms with Gasteiger partial charge in [-0.05, 0) is 32.4 Å². The van der Waals surface area contributed by atoms with Gasteiger partial charge in [-0.25, -0.2) is 0 Å². The largest absolute Gasteiger partial charge is 0.480 e. The van der Waals surface area contributed by atoms with Crippen LogP contribution < -0.4 is 5.32 Å². The van der Waals surface area contributed by atoms with E-state index >= 15 is 0 Å². The zero-order valence-electron chi connectivity index (χ0n) is 12.6. The molecule has 1 aliphatic carbocycles. The summed E-state index contributed by atoms with van der Waals surface area (Å²) in [6.45, 7) is 4.51. The molecule has 1 aromatic rings. The molecular formula is C16H17NO5. The summed E-state index contributed by atoms with van der Waals surface area (Å²) in [4.78, 5) is 47.7. The van der Waals surface area contributed by atoms with E-state index in [0.29, 0.717) is 11.1 Å². The molecule has 6 heteroatoms. The number of carboxylic acid groups (broad SMARTS) is 1. The molecule has 1 aliphatic rings. The molecule has 0 radical (unpaired) electrons. The lowest BCUT2D eigenvalue weighted by Gasteiger charge is -2.34. The van der Waals surface area contributed by atoms with Crippen LogP contribution in [0.25, 0.3) is 0 Å². The van der Waals surface area contributed by atoms with Gasteiger partial charge < -0.3 is 10.4 Å². The minimum Gasteiger partial charge on any atom is -0.480 e. The van der Waals surface area contributed by atoms with Gasteiger partial charge in [0.15, 0.2) is 17.5 Å². The van der Waals surface area contributed by atoms with Gasteiger partial charge in [0.2, 0.25) is 5.91 Å². The van der Waals surface area contributed by atoms with E-state index in [1.807, 2.05) is 13.0 Å². The number of aliphatic carboxylic acids is 1. The van der Waals surface area contributed by atoms with Crippen molar-refractivity contribution in [2.24, 2.45) is 5.92 Å². The SMILES string of the molecule is Cc1ccc2c(c1)C(=O)C(C(=O)NCC(=O)O)C(=O)C2(C)C. The minimum absolute atomic E-state index is 0.347. The van der Waals surface area contributed by atoms with E-state index in [0.717, 1.165) is 5.56 Å². The average Bonchev–Trinajstić information content (AvgIpc) is 2.43. The molecule has 6 nitrogen and oxygen atoms in total. The van der Waals surface area contributed by atoms with Crippen LogP contribution in [0.5, 0.6) is 0 Å². The number of rotatable bonds is 3. The number of aryl methyl sites for hydroxylation is 1. The second-order valence-electron chi connectivity index (χ2n) is 5.95. The Bertz CT molecular complexity index is 690. The molecule has 2 rings (SSSR count). The predicted molar refractivity (Wildman–Crippen MR) is 77.7 cm³/mol. The van der Waals surface area contributed by atoms with Crippen molar-refractivity contribution in [1.82, 2.24) is 5.32 Å². The topological polar surface area (TPSA) is 101 Å². The van der Waals surface area contributed by atoms with Crippen LogP contribution in [0.4, 0.5) is 0 Å². The molecule has 1 aromatic carbocycles. The number of amides is 1. The number of carbonyl (C=O) groups excluding carboxylic acids is 3. The van der Waals surface area contributed by atoms with Gasteiger partial charge in [0.25, 0.3) is 0 Å². The summed E-state index contributed by atoms with van der Waals surface area (Å²) in [5, 5.41) is 10.7. The van der Waals surface area contributed by atoms with Crippen LogP contribution in [0.2, 0.25) is 0 Å². The fourth-order valence-corrected chi connectivity index (χ4v) is 2.68. The summed E-state index contributed by atoms with van der Waals surface area (Å²) in [6, 6.07) is 5.20. The lowest BCUT2D eigenvalue weighted by Crippen LogP contribution is -2.51. The zero-order chi connectivity index (χ0) is 16.7. The Morgan fingerprint density at radius 2 is 1.91 bits per heavy atom. The number of carbonyl (C=O) groups is 4. The first-order chi connectivity index (χ1) is 10.2. The number of ketones is 2. The van der Waals surface area contributed by atoms with Crippen molar-refractivity contribution in [1.29, 1.82) is 0 Å². The van der Waals surface area contributed by atoms with Gasteiger partial charge in [-0.1, -0.05) is 17.7 Å². The first kappa shape index (κ1) is 15.9. The van der Waals surface area contributed by atoms with Crippen LogP contribution in [0.3, 0.4) is 0 Å². The second kappa shape index (κ2) is 5.36. The van der Waals surface area contributed by atoms with Gasteiger partial charge in [-0.15, -0.1) is 0 Å². The Hall–Kier alpha value is -2.50. The fraction of sp³-hybridized carbons (Fsp3) is 0.375. The number of hydrogen-bond donors (Lipinski definition) is 2. The molecule has 1 unspecified atom stereocenters. The van der Waals surface area contributed by atoms with Crippen molar-refractivity contribution in [3.63, 3.8) is 0 Å². The molecule has 1 amide bonds. The Labute approximate surface area is 127 Å². The summed E-state index contributed by atoms with van der Waals surface area (Å²) < 4.78 is 0. The van der Waals surface area contributed by atoms with Crippen molar-refractivity contribution in [2.75, 3.05) is 6.54 Å². The second-order valence-corrected chi connectivity index (χ2v) is 5.95. The van der Waals surface area contributed by atoms with E-state index in [2.05, 4.69) is 5.32 Å². The van der Waals surface area contributed by atoms with Crippen molar-refractivity contribution >= 4 is 23.4 Å². The first-order valence-electron chi connectivity index (χ1n) is 6.85. The van der Waals surface area contributed by atoms with E-state index in [9.17, 15) is 19.2 Å². The van der Waals surface area contributed by atoms with Crippen LogP contribution in [0.15, 0.2) is 18.2 Å². The third kappa shape index (κ3) is 2.52. The van der Waals surface area contributed by atoms with E-state index in [1.54, 1.807) is 26.0 Å². The van der Waals surface area contributed by atoms with Crippen LogP contribution in [-0.4, -0.2) is 35.1 Å². The Morgan fingerprint density at radius 1 is 1.27 bits per heavy atom. The number of Topliss-reactive ketones (excluding diaryl/α,β-unsaturated/α-hetero) is 2. The third-order valence-electron chi connectivity index (χ3n) is 3.93. The van der Waals surface area contributed by atoms with Gasteiger partial charge in [0.1, 0.15) is 6.54 Å². The van der Waals surface area contributed by atoms with Crippen molar-refractivity contribution in [2.45, 2.75) is 26.2 Å². The zero-order valence-corrected chi connectivity index (χ0v) is 12.6. The smallest absolute Gasteiger partial charge is 0.322 e. The van der Waals surface area contributed by atoms with Gasteiger partial charge in [-0.2, -0.15) is 0 Å². The van der Waals surface area contributed by atoms with Crippen LogP contribution in [0.1, 0.15) is 35.3 Å². The minimum atomic E-state index is -1.50. The van der Waals surface area contributed by atoms with Crippen LogP contribution >= 0.6 is 0 Å². The Kier molecular flexibility index (Phi) is 3.87. The third-order valence-corrected chi connectivity index (χ3v) is 3.93. The van der Waals surface area contributed by atoms with Gasteiger partial charge in [-0.3, -0.25) is 19.2 Å². The summed E-state index contributed by atoms with van der Waals surface area (Å²) in [7, 11) is 0. The summed E-state index contributed by atoms with van der Waals surface area (Å²) in [6.07, 6.45) is 0. The lowest BCUT2D eigenvalue weighted by atomic mass is 9.66. The molecule has 2 N–H and O–H groups in total. The fourth-order valence-electron chi connectivity index (χ4n) is 2.68. The van der Waals surface area contributed by atoms with Crippen molar-refractivity contribution in [3.8, 4) is 0 Å². The molecule has 0 saturated heterocycles. The van der Waals surface area contributed by atoms with E-state index in [-0.39, 0.29) is 0 Å². The maximum absolute atomic E-state index is 12.6. The number of benzene rings is 1. The van der Waals surface area contributed by atoms with Gasteiger partial charge in [0, 0.05) is 5.56 Å². The lowest BCUT2D eigenvalue weighted by molar-refractivity contribution is -0.140. The highest BCUT2D eigenvalue weighted by molar-refractivity contribution is 6.28. The Morgan fingerprint density at radius 3 is 2.50 bits per heavy atom. The first-order valence-corrected chi connectivity index (χ1v) is 6.85. The normalized spacial score (nSPS) is 19.5. The number of carboxylic acids is 1. The number of nitrogens with one attached hydrogen (secondary N) is 1. The monoisotopic (exact) mass is 303 g/mol. The Balaban J connectivity index is 2.46. The maximum atomic E-state index is 12.6. The molecule has 116 valence electrons. The molecule has 1 atom stereocenters. The highest BCUT2D eigenvalue weighted by Gasteiger charge is 2.49. The molecule has 0 saturated carbocycles. The summed E-state index contributed by atoms with van der Waals surface area (Å²) in [5.74, 6) is -4.69. The van der Waals surface area contributed by atoms with E-state index in [4.69, 9.17) is 5.11 Å². The van der Waals surface area contributed by atoms with Crippen molar-refractivity contribution in [3.05, 3.63) is 34.9 Å². The summed E-state index contributed by atoms with van der Waals surface area (Å²) >= 11 is 0. The highest BCUT2D eigenvalue weighted by atomic mass is 16.4. The molecule has 22 heavy (non-hydrogen) atoms. The molecule has 0 aliphatic heterocycles. The van der Waals surface area contributed by atoms with Crippen LogP contribution in [0, 0.1) is 12.8 Å². The van der Waals surface area contributed by atoms with Gasteiger partial charge in [0.05, 0.1) is 5.41 Å². The molecule has 0 spiro atoms. The average molecular weight is 303 g/mol.